The summed E-state index contributed by atoms with van der Waals surface area (Å²) in [7, 11) is 0. The lowest BCUT2D eigenvalue weighted by atomic mass is 10.00. The molecule has 0 spiro atoms. The quantitative estimate of drug-likeness (QED) is 0.885. The summed E-state index contributed by atoms with van der Waals surface area (Å²) in [5.74, 6) is 0. The fraction of sp³-hybridized carbons (Fsp3) is 0.538. The fourth-order valence-corrected chi connectivity index (χ4v) is 1.94. The van der Waals surface area contributed by atoms with Gasteiger partial charge in [0.1, 0.15) is 0 Å². The summed E-state index contributed by atoms with van der Waals surface area (Å²) in [4.78, 5) is 0. The Morgan fingerprint density at radius 3 is 2.35 bits per heavy atom. The molecule has 1 aromatic carbocycles. The fourth-order valence-electron chi connectivity index (χ4n) is 1.74. The van der Waals surface area contributed by atoms with Gasteiger partial charge < -0.3 is 10.4 Å². The molecule has 2 atom stereocenters. The van der Waals surface area contributed by atoms with Crippen LogP contribution in [0.15, 0.2) is 24.3 Å². The normalized spacial score (nSPS) is 14.9. The number of rotatable bonds is 3. The summed E-state index contributed by atoms with van der Waals surface area (Å²) in [6.45, 7) is 8.20. The van der Waals surface area contributed by atoms with Crippen LogP contribution in [0.1, 0.15) is 39.4 Å². The van der Waals surface area contributed by atoms with Crippen molar-refractivity contribution in [3.63, 3.8) is 0 Å². The Hall–Kier alpha value is -0.280. The maximum atomic E-state index is 10.2. The standard InChI is InChI=1S/C13H20ClNO.ClH/c1-9(15-13(2,3)4)12(16)10-6-5-7-11(14)8-10;/h5-9,12,15-16H,1-4H3;1H/t9-,12-;/m0./s1. The summed E-state index contributed by atoms with van der Waals surface area (Å²) in [6, 6.07) is 7.33. The average Bonchev–Trinajstić information content (AvgIpc) is 2.14. The zero-order valence-corrected chi connectivity index (χ0v) is 12.3. The van der Waals surface area contributed by atoms with E-state index in [9.17, 15) is 5.11 Å². The molecule has 2 nitrogen and oxygen atoms in total. The molecular formula is C13H21Cl2NO. The van der Waals surface area contributed by atoms with Gasteiger partial charge in [-0.1, -0.05) is 23.7 Å². The van der Waals surface area contributed by atoms with Crippen LogP contribution in [0.5, 0.6) is 0 Å². The van der Waals surface area contributed by atoms with Crippen LogP contribution in [-0.2, 0) is 0 Å². The Morgan fingerprint density at radius 1 is 1.29 bits per heavy atom. The van der Waals surface area contributed by atoms with E-state index in [1.54, 1.807) is 12.1 Å². The molecule has 1 aromatic rings. The number of aliphatic hydroxyl groups excluding tert-OH is 1. The van der Waals surface area contributed by atoms with Crippen LogP contribution in [0.25, 0.3) is 0 Å². The smallest absolute Gasteiger partial charge is 0.0940 e. The molecule has 0 saturated heterocycles. The maximum absolute atomic E-state index is 10.2. The molecule has 0 radical (unpaired) electrons. The van der Waals surface area contributed by atoms with E-state index in [2.05, 4.69) is 26.1 Å². The highest BCUT2D eigenvalue weighted by Crippen LogP contribution is 2.21. The van der Waals surface area contributed by atoms with Gasteiger partial charge in [0.25, 0.3) is 0 Å². The van der Waals surface area contributed by atoms with Crippen molar-refractivity contribution in [2.24, 2.45) is 0 Å². The molecule has 0 fully saturated rings. The summed E-state index contributed by atoms with van der Waals surface area (Å²) >= 11 is 5.90. The summed E-state index contributed by atoms with van der Waals surface area (Å²) in [5, 5.41) is 14.2. The highest BCUT2D eigenvalue weighted by Gasteiger charge is 2.21. The third-order valence-corrected chi connectivity index (χ3v) is 2.56. The molecule has 4 heteroatoms. The minimum Gasteiger partial charge on any atom is -0.387 e. The van der Waals surface area contributed by atoms with Gasteiger partial charge in [-0.15, -0.1) is 12.4 Å². The van der Waals surface area contributed by atoms with Crippen LogP contribution in [0.4, 0.5) is 0 Å². The van der Waals surface area contributed by atoms with Crippen molar-refractivity contribution in [3.8, 4) is 0 Å². The maximum Gasteiger partial charge on any atom is 0.0940 e. The van der Waals surface area contributed by atoms with Gasteiger partial charge in [0, 0.05) is 16.6 Å². The van der Waals surface area contributed by atoms with E-state index in [1.807, 2.05) is 19.1 Å². The minimum absolute atomic E-state index is 0. The second-order valence-electron chi connectivity index (χ2n) is 5.18. The molecule has 98 valence electrons. The zero-order valence-electron chi connectivity index (χ0n) is 10.7. The molecule has 0 heterocycles. The number of hydrogen-bond donors (Lipinski definition) is 2. The Labute approximate surface area is 115 Å². The van der Waals surface area contributed by atoms with Crippen molar-refractivity contribution < 1.29 is 5.11 Å². The number of hydrogen-bond acceptors (Lipinski definition) is 2. The van der Waals surface area contributed by atoms with E-state index < -0.39 is 6.10 Å². The summed E-state index contributed by atoms with van der Waals surface area (Å²) in [5.41, 5.74) is 0.829. The van der Waals surface area contributed by atoms with Crippen molar-refractivity contribution in [1.82, 2.24) is 5.32 Å². The van der Waals surface area contributed by atoms with E-state index in [4.69, 9.17) is 11.6 Å². The third-order valence-electron chi connectivity index (χ3n) is 2.32. The molecule has 0 unspecified atom stereocenters. The van der Waals surface area contributed by atoms with E-state index in [1.165, 1.54) is 0 Å². The molecule has 0 aliphatic heterocycles. The largest absolute Gasteiger partial charge is 0.387 e. The van der Waals surface area contributed by atoms with E-state index in [0.29, 0.717) is 5.02 Å². The second-order valence-corrected chi connectivity index (χ2v) is 5.62. The van der Waals surface area contributed by atoms with Gasteiger partial charge in [0.05, 0.1) is 6.10 Å². The zero-order chi connectivity index (χ0) is 12.3. The van der Waals surface area contributed by atoms with E-state index in [0.717, 1.165) is 5.56 Å². The Kier molecular flexibility index (Phi) is 6.49. The first-order valence-electron chi connectivity index (χ1n) is 5.51. The number of nitrogens with one attached hydrogen (secondary N) is 1. The molecule has 0 aliphatic rings. The van der Waals surface area contributed by atoms with Crippen molar-refractivity contribution in [2.45, 2.75) is 45.4 Å². The lowest BCUT2D eigenvalue weighted by Gasteiger charge is -2.29. The van der Waals surface area contributed by atoms with Crippen LogP contribution >= 0.6 is 24.0 Å². The number of halogens is 2. The van der Waals surface area contributed by atoms with Gasteiger partial charge in [0.15, 0.2) is 0 Å². The lowest BCUT2D eigenvalue weighted by Crippen LogP contribution is -2.44. The highest BCUT2D eigenvalue weighted by molar-refractivity contribution is 6.30. The Balaban J connectivity index is 0.00000256. The van der Waals surface area contributed by atoms with Crippen LogP contribution < -0.4 is 5.32 Å². The monoisotopic (exact) mass is 277 g/mol. The average molecular weight is 278 g/mol. The predicted molar refractivity (Wildman–Crippen MR) is 76.0 cm³/mol. The van der Waals surface area contributed by atoms with Gasteiger partial charge in [-0.3, -0.25) is 0 Å². The summed E-state index contributed by atoms with van der Waals surface area (Å²) in [6.07, 6.45) is -0.544. The molecule has 0 amide bonds. The van der Waals surface area contributed by atoms with Gasteiger partial charge in [0.2, 0.25) is 0 Å². The first-order chi connectivity index (χ1) is 7.29. The molecule has 0 saturated carbocycles. The molecule has 17 heavy (non-hydrogen) atoms. The first kappa shape index (κ1) is 16.7. The second kappa shape index (κ2) is 6.60. The van der Waals surface area contributed by atoms with Crippen molar-refractivity contribution in [2.75, 3.05) is 0 Å². The van der Waals surface area contributed by atoms with Crippen molar-refractivity contribution in [1.29, 1.82) is 0 Å². The third kappa shape index (κ3) is 5.73. The van der Waals surface area contributed by atoms with E-state index in [-0.39, 0.29) is 24.0 Å². The summed E-state index contributed by atoms with van der Waals surface area (Å²) < 4.78 is 0. The van der Waals surface area contributed by atoms with Crippen LogP contribution in [0.3, 0.4) is 0 Å². The number of benzene rings is 1. The lowest BCUT2D eigenvalue weighted by molar-refractivity contribution is 0.121. The first-order valence-corrected chi connectivity index (χ1v) is 5.88. The van der Waals surface area contributed by atoms with Gasteiger partial charge in [-0.2, -0.15) is 0 Å². The molecule has 0 aliphatic carbocycles. The van der Waals surface area contributed by atoms with Gasteiger partial charge in [-0.05, 0) is 45.4 Å². The van der Waals surface area contributed by atoms with Crippen molar-refractivity contribution >= 4 is 24.0 Å². The van der Waals surface area contributed by atoms with Crippen molar-refractivity contribution in [3.05, 3.63) is 34.9 Å². The predicted octanol–water partition coefficient (Wildman–Crippen LogP) is 3.57. The van der Waals surface area contributed by atoms with Crippen LogP contribution in [-0.4, -0.2) is 16.7 Å². The Bertz CT molecular complexity index is 350. The highest BCUT2D eigenvalue weighted by atomic mass is 35.5. The van der Waals surface area contributed by atoms with Gasteiger partial charge in [-0.25, -0.2) is 0 Å². The molecule has 0 aromatic heterocycles. The molecule has 1 rings (SSSR count). The SMILES string of the molecule is C[C@H](NC(C)(C)C)[C@H](O)c1cccc(Cl)c1.Cl. The molecular weight excluding hydrogens is 257 g/mol. The molecule has 2 N–H and O–H groups in total. The van der Waals surface area contributed by atoms with E-state index >= 15 is 0 Å². The van der Waals surface area contributed by atoms with Gasteiger partial charge >= 0.3 is 0 Å². The molecule has 0 bridgehead atoms. The van der Waals surface area contributed by atoms with Crippen LogP contribution in [0, 0.1) is 0 Å². The topological polar surface area (TPSA) is 32.3 Å². The Morgan fingerprint density at radius 2 is 1.88 bits per heavy atom. The minimum atomic E-state index is -0.544. The van der Waals surface area contributed by atoms with Crippen LogP contribution in [0.2, 0.25) is 5.02 Å². The number of aliphatic hydroxyl groups is 1.